The van der Waals surface area contributed by atoms with Crippen LogP contribution >= 0.6 is 27.3 Å². The fraction of sp³-hybridized carbons (Fsp3) is 0.636. The summed E-state index contributed by atoms with van der Waals surface area (Å²) in [4.78, 5) is 3.34. The van der Waals surface area contributed by atoms with E-state index in [-0.39, 0.29) is 0 Å². The summed E-state index contributed by atoms with van der Waals surface area (Å²) in [5, 5.41) is 3.01. The molecule has 0 unspecified atom stereocenters. The lowest BCUT2D eigenvalue weighted by Gasteiger charge is -2.10. The Kier molecular flexibility index (Phi) is 6.92. The fourth-order valence-corrected chi connectivity index (χ4v) is 5.29. The number of thiophene rings is 1. The predicted molar refractivity (Wildman–Crippen MR) is 83.1 cm³/mol. The van der Waals surface area contributed by atoms with Gasteiger partial charge < -0.3 is 10.2 Å². The number of halogens is 1. The molecule has 0 saturated carbocycles. The van der Waals surface area contributed by atoms with Crippen LogP contribution in [0.1, 0.15) is 11.3 Å². The van der Waals surface area contributed by atoms with Gasteiger partial charge in [-0.05, 0) is 56.1 Å². The SMILES string of the molecule is CNCc1cc(S(=O)(=O)NCCCN(C)C)c(Br)s1. The lowest BCUT2D eigenvalue weighted by molar-refractivity contribution is 0.400. The normalized spacial score (nSPS) is 12.3. The van der Waals surface area contributed by atoms with Crippen molar-refractivity contribution in [1.82, 2.24) is 14.9 Å². The highest BCUT2D eigenvalue weighted by Crippen LogP contribution is 2.31. The van der Waals surface area contributed by atoms with Gasteiger partial charge in [0.15, 0.2) is 0 Å². The zero-order valence-electron chi connectivity index (χ0n) is 11.4. The molecule has 0 saturated heterocycles. The first-order valence-electron chi connectivity index (χ1n) is 5.94. The van der Waals surface area contributed by atoms with E-state index in [2.05, 4.69) is 26.0 Å². The molecule has 2 N–H and O–H groups in total. The van der Waals surface area contributed by atoms with Crippen LogP contribution < -0.4 is 10.0 Å². The molecule has 0 spiro atoms. The molecule has 0 bridgehead atoms. The van der Waals surface area contributed by atoms with Gasteiger partial charge in [-0.3, -0.25) is 0 Å². The van der Waals surface area contributed by atoms with Crippen molar-refractivity contribution in [2.75, 3.05) is 34.2 Å². The van der Waals surface area contributed by atoms with Crippen LogP contribution in [0.5, 0.6) is 0 Å². The maximum absolute atomic E-state index is 12.1. The minimum absolute atomic E-state index is 0.326. The molecule has 0 aliphatic rings. The maximum atomic E-state index is 12.1. The van der Waals surface area contributed by atoms with Gasteiger partial charge in [-0.15, -0.1) is 11.3 Å². The van der Waals surface area contributed by atoms with E-state index in [0.717, 1.165) is 17.8 Å². The molecule has 0 aliphatic heterocycles. The second-order valence-electron chi connectivity index (χ2n) is 4.44. The molecule has 1 aromatic heterocycles. The molecule has 5 nitrogen and oxygen atoms in total. The third-order valence-electron chi connectivity index (χ3n) is 2.42. The van der Waals surface area contributed by atoms with Crippen molar-refractivity contribution in [3.05, 3.63) is 14.7 Å². The van der Waals surface area contributed by atoms with E-state index >= 15 is 0 Å². The average Bonchev–Trinajstić information content (AvgIpc) is 2.67. The number of sulfonamides is 1. The zero-order valence-corrected chi connectivity index (χ0v) is 14.6. The Labute approximate surface area is 127 Å². The van der Waals surface area contributed by atoms with Crippen molar-refractivity contribution in [2.45, 2.75) is 17.9 Å². The number of hydrogen-bond donors (Lipinski definition) is 2. The molecule has 0 aromatic carbocycles. The standard InChI is InChI=1S/C11H20BrN3O2S2/c1-13-8-9-7-10(11(12)18-9)19(16,17)14-5-4-6-15(2)3/h7,13-14H,4-6,8H2,1-3H3. The van der Waals surface area contributed by atoms with Crippen LogP contribution in [0.25, 0.3) is 0 Å². The lowest BCUT2D eigenvalue weighted by atomic mass is 10.4. The highest BCUT2D eigenvalue weighted by molar-refractivity contribution is 9.11. The molecule has 110 valence electrons. The third kappa shape index (κ3) is 5.49. The Morgan fingerprint density at radius 2 is 2.11 bits per heavy atom. The third-order valence-corrected chi connectivity index (χ3v) is 6.13. The Balaban J connectivity index is 2.66. The summed E-state index contributed by atoms with van der Waals surface area (Å²) in [5.74, 6) is 0. The van der Waals surface area contributed by atoms with E-state index in [1.54, 1.807) is 6.07 Å². The van der Waals surface area contributed by atoms with Gasteiger partial charge in [0.25, 0.3) is 0 Å². The predicted octanol–water partition coefficient (Wildman–Crippen LogP) is 1.46. The largest absolute Gasteiger partial charge is 0.315 e. The van der Waals surface area contributed by atoms with Gasteiger partial charge in [0.05, 0.1) is 3.79 Å². The molecule has 0 fully saturated rings. The van der Waals surface area contributed by atoms with Crippen molar-refractivity contribution in [3.8, 4) is 0 Å². The van der Waals surface area contributed by atoms with Crippen LogP contribution in [0.3, 0.4) is 0 Å². The molecule has 0 amide bonds. The minimum atomic E-state index is -3.42. The molecular formula is C11H20BrN3O2S2. The topological polar surface area (TPSA) is 61.4 Å². The maximum Gasteiger partial charge on any atom is 0.242 e. The number of nitrogens with zero attached hydrogens (tertiary/aromatic N) is 1. The molecular weight excluding hydrogens is 350 g/mol. The smallest absolute Gasteiger partial charge is 0.242 e. The fourth-order valence-electron chi connectivity index (χ4n) is 1.52. The average molecular weight is 370 g/mol. The van der Waals surface area contributed by atoms with Crippen LogP contribution in [-0.4, -0.2) is 47.6 Å². The number of rotatable bonds is 8. The molecule has 0 radical (unpaired) electrons. The van der Waals surface area contributed by atoms with Gasteiger partial charge in [0.1, 0.15) is 4.90 Å². The Morgan fingerprint density at radius 1 is 1.42 bits per heavy atom. The first kappa shape index (κ1) is 17.1. The van der Waals surface area contributed by atoms with Crippen LogP contribution in [0, 0.1) is 0 Å². The highest BCUT2D eigenvalue weighted by atomic mass is 79.9. The lowest BCUT2D eigenvalue weighted by Crippen LogP contribution is -2.27. The van der Waals surface area contributed by atoms with Gasteiger partial charge in [0.2, 0.25) is 10.0 Å². The molecule has 0 atom stereocenters. The summed E-state index contributed by atoms with van der Waals surface area (Å²) in [6.07, 6.45) is 0.789. The molecule has 1 rings (SSSR count). The second kappa shape index (κ2) is 7.70. The Bertz CT molecular complexity index is 500. The summed E-state index contributed by atoms with van der Waals surface area (Å²) in [5.41, 5.74) is 0. The van der Waals surface area contributed by atoms with Crippen molar-refractivity contribution >= 4 is 37.3 Å². The van der Waals surface area contributed by atoms with E-state index in [4.69, 9.17) is 0 Å². The summed E-state index contributed by atoms with van der Waals surface area (Å²) < 4.78 is 27.6. The van der Waals surface area contributed by atoms with Crippen LogP contribution in [0.15, 0.2) is 14.7 Å². The highest BCUT2D eigenvalue weighted by Gasteiger charge is 2.20. The van der Waals surface area contributed by atoms with Gasteiger partial charge in [-0.2, -0.15) is 0 Å². The zero-order chi connectivity index (χ0) is 14.5. The number of nitrogens with one attached hydrogen (secondary N) is 2. The van der Waals surface area contributed by atoms with Crippen LogP contribution in [0.4, 0.5) is 0 Å². The molecule has 19 heavy (non-hydrogen) atoms. The Morgan fingerprint density at radius 3 is 2.68 bits per heavy atom. The van der Waals surface area contributed by atoms with Crippen molar-refractivity contribution in [2.24, 2.45) is 0 Å². The van der Waals surface area contributed by atoms with Crippen molar-refractivity contribution in [3.63, 3.8) is 0 Å². The molecule has 1 heterocycles. The van der Waals surface area contributed by atoms with Gasteiger partial charge >= 0.3 is 0 Å². The monoisotopic (exact) mass is 369 g/mol. The van der Waals surface area contributed by atoms with E-state index in [1.807, 2.05) is 26.0 Å². The minimum Gasteiger partial charge on any atom is -0.315 e. The first-order chi connectivity index (χ1) is 8.86. The quantitative estimate of drug-likeness (QED) is 0.681. The first-order valence-corrected chi connectivity index (χ1v) is 9.03. The van der Waals surface area contributed by atoms with E-state index in [0.29, 0.717) is 21.8 Å². The molecule has 0 aliphatic carbocycles. The van der Waals surface area contributed by atoms with Gasteiger partial charge in [-0.1, -0.05) is 0 Å². The molecule has 1 aromatic rings. The van der Waals surface area contributed by atoms with Crippen molar-refractivity contribution < 1.29 is 8.42 Å². The number of hydrogen-bond acceptors (Lipinski definition) is 5. The second-order valence-corrected chi connectivity index (χ2v) is 8.63. The summed E-state index contributed by atoms with van der Waals surface area (Å²) >= 11 is 4.76. The van der Waals surface area contributed by atoms with E-state index in [9.17, 15) is 8.42 Å². The molecule has 8 heteroatoms. The Hall–Kier alpha value is 0.01000. The van der Waals surface area contributed by atoms with E-state index < -0.39 is 10.0 Å². The van der Waals surface area contributed by atoms with Gasteiger partial charge in [-0.25, -0.2) is 13.1 Å². The summed E-state index contributed by atoms with van der Waals surface area (Å²) in [6, 6.07) is 1.71. The van der Waals surface area contributed by atoms with E-state index in [1.165, 1.54) is 11.3 Å². The summed E-state index contributed by atoms with van der Waals surface area (Å²) in [7, 11) is 2.35. The van der Waals surface area contributed by atoms with Crippen LogP contribution in [-0.2, 0) is 16.6 Å². The van der Waals surface area contributed by atoms with Gasteiger partial charge in [0, 0.05) is 18.0 Å². The van der Waals surface area contributed by atoms with Crippen LogP contribution in [0.2, 0.25) is 0 Å². The summed E-state index contributed by atoms with van der Waals surface area (Å²) in [6.45, 7) is 1.97. The van der Waals surface area contributed by atoms with Crippen molar-refractivity contribution in [1.29, 1.82) is 0 Å².